The standard InChI is InChI=1S/C19H24ClN3O/c1-13(12-21-3)19(24)23-16-9-10-18(17(20)11-16)22-14(2)15-7-5-4-6-8-15/h4-11,13-14,21-22H,12H2,1-3H3,(H,23,24). The normalized spacial score (nSPS) is 13.2. The molecule has 0 aliphatic carbocycles. The van der Waals surface area contributed by atoms with E-state index in [1.807, 2.05) is 44.3 Å². The molecule has 0 saturated carbocycles. The number of rotatable bonds is 7. The van der Waals surface area contributed by atoms with Crippen LogP contribution in [0.4, 0.5) is 11.4 Å². The van der Waals surface area contributed by atoms with Crippen molar-refractivity contribution in [3.05, 3.63) is 59.1 Å². The third-order valence-corrected chi connectivity index (χ3v) is 4.18. The number of carbonyl (C=O) groups excluding carboxylic acids is 1. The summed E-state index contributed by atoms with van der Waals surface area (Å²) in [5, 5.41) is 9.86. The molecule has 24 heavy (non-hydrogen) atoms. The molecule has 0 spiro atoms. The third-order valence-electron chi connectivity index (χ3n) is 3.87. The number of amides is 1. The summed E-state index contributed by atoms with van der Waals surface area (Å²) in [6.45, 7) is 4.60. The first-order valence-electron chi connectivity index (χ1n) is 8.07. The van der Waals surface area contributed by atoms with Crippen molar-refractivity contribution in [3.8, 4) is 0 Å². The van der Waals surface area contributed by atoms with Crippen LogP contribution in [0.3, 0.4) is 0 Å². The van der Waals surface area contributed by atoms with Crippen LogP contribution in [0.1, 0.15) is 25.5 Å². The van der Waals surface area contributed by atoms with Gasteiger partial charge in [-0.15, -0.1) is 0 Å². The SMILES string of the molecule is CNCC(C)C(=O)Nc1ccc(NC(C)c2ccccc2)c(Cl)c1. The van der Waals surface area contributed by atoms with Crippen LogP contribution in [0.2, 0.25) is 5.02 Å². The Labute approximate surface area is 148 Å². The topological polar surface area (TPSA) is 53.2 Å². The first kappa shape index (κ1) is 18.3. The fourth-order valence-corrected chi connectivity index (χ4v) is 2.67. The van der Waals surface area contributed by atoms with Crippen molar-refractivity contribution in [2.75, 3.05) is 24.2 Å². The maximum atomic E-state index is 12.1. The number of hydrogen-bond donors (Lipinski definition) is 3. The van der Waals surface area contributed by atoms with Crippen molar-refractivity contribution in [2.24, 2.45) is 5.92 Å². The van der Waals surface area contributed by atoms with Crippen LogP contribution < -0.4 is 16.0 Å². The van der Waals surface area contributed by atoms with Gasteiger partial charge in [-0.1, -0.05) is 48.9 Å². The molecule has 0 aromatic heterocycles. The molecule has 2 atom stereocenters. The van der Waals surface area contributed by atoms with Gasteiger partial charge in [0, 0.05) is 24.2 Å². The van der Waals surface area contributed by atoms with E-state index in [9.17, 15) is 4.79 Å². The van der Waals surface area contributed by atoms with Gasteiger partial charge in [0.05, 0.1) is 10.7 Å². The average molecular weight is 346 g/mol. The first-order valence-corrected chi connectivity index (χ1v) is 8.45. The minimum Gasteiger partial charge on any atom is -0.377 e. The molecule has 2 rings (SSSR count). The summed E-state index contributed by atoms with van der Waals surface area (Å²) < 4.78 is 0. The zero-order valence-electron chi connectivity index (χ0n) is 14.3. The molecule has 0 radical (unpaired) electrons. The number of hydrogen-bond acceptors (Lipinski definition) is 3. The van der Waals surface area contributed by atoms with Gasteiger partial charge in [0.2, 0.25) is 5.91 Å². The van der Waals surface area contributed by atoms with Crippen LogP contribution in [0, 0.1) is 5.92 Å². The molecular weight excluding hydrogens is 322 g/mol. The van der Waals surface area contributed by atoms with Crippen molar-refractivity contribution < 1.29 is 4.79 Å². The highest BCUT2D eigenvalue weighted by molar-refractivity contribution is 6.33. The lowest BCUT2D eigenvalue weighted by Gasteiger charge is -2.18. The molecule has 0 heterocycles. The molecule has 2 unspecified atom stereocenters. The lowest BCUT2D eigenvalue weighted by Crippen LogP contribution is -2.28. The maximum Gasteiger partial charge on any atom is 0.228 e. The summed E-state index contributed by atoms with van der Waals surface area (Å²) in [4.78, 5) is 12.1. The average Bonchev–Trinajstić information content (AvgIpc) is 2.58. The van der Waals surface area contributed by atoms with Crippen LogP contribution in [0.25, 0.3) is 0 Å². The Morgan fingerprint density at radius 3 is 2.46 bits per heavy atom. The summed E-state index contributed by atoms with van der Waals surface area (Å²) in [5.74, 6) is -0.136. The van der Waals surface area contributed by atoms with Crippen molar-refractivity contribution in [3.63, 3.8) is 0 Å². The zero-order valence-corrected chi connectivity index (χ0v) is 15.0. The van der Waals surface area contributed by atoms with E-state index in [1.54, 1.807) is 6.07 Å². The van der Waals surface area contributed by atoms with E-state index < -0.39 is 0 Å². The number of halogens is 1. The molecular formula is C19H24ClN3O. The quantitative estimate of drug-likeness (QED) is 0.701. The van der Waals surface area contributed by atoms with Crippen LogP contribution in [0.5, 0.6) is 0 Å². The summed E-state index contributed by atoms with van der Waals surface area (Å²) in [5.41, 5.74) is 2.73. The summed E-state index contributed by atoms with van der Waals surface area (Å²) in [7, 11) is 1.83. The highest BCUT2D eigenvalue weighted by atomic mass is 35.5. The summed E-state index contributed by atoms with van der Waals surface area (Å²) in [6.07, 6.45) is 0. The van der Waals surface area contributed by atoms with Crippen molar-refractivity contribution in [2.45, 2.75) is 19.9 Å². The van der Waals surface area contributed by atoms with Gasteiger partial charge in [-0.2, -0.15) is 0 Å². The van der Waals surface area contributed by atoms with E-state index in [0.29, 0.717) is 17.3 Å². The summed E-state index contributed by atoms with van der Waals surface area (Å²) >= 11 is 6.36. The van der Waals surface area contributed by atoms with Gasteiger partial charge in [-0.25, -0.2) is 0 Å². The van der Waals surface area contributed by atoms with Crippen LogP contribution in [0.15, 0.2) is 48.5 Å². The second-order valence-electron chi connectivity index (χ2n) is 5.92. The van der Waals surface area contributed by atoms with Gasteiger partial charge in [0.25, 0.3) is 0 Å². The molecule has 0 bridgehead atoms. The maximum absolute atomic E-state index is 12.1. The van der Waals surface area contributed by atoms with E-state index in [1.165, 1.54) is 5.56 Å². The summed E-state index contributed by atoms with van der Waals surface area (Å²) in [6, 6.07) is 15.8. The smallest absolute Gasteiger partial charge is 0.228 e. The monoisotopic (exact) mass is 345 g/mol. The molecule has 2 aromatic carbocycles. The second-order valence-corrected chi connectivity index (χ2v) is 6.33. The van der Waals surface area contributed by atoms with Crippen LogP contribution in [-0.2, 0) is 4.79 Å². The Hall–Kier alpha value is -2.04. The van der Waals surface area contributed by atoms with E-state index in [-0.39, 0.29) is 17.9 Å². The highest BCUT2D eigenvalue weighted by Crippen LogP contribution is 2.29. The lowest BCUT2D eigenvalue weighted by atomic mass is 10.1. The van der Waals surface area contributed by atoms with Gasteiger partial charge in [0.1, 0.15) is 0 Å². The molecule has 5 heteroatoms. The van der Waals surface area contributed by atoms with E-state index in [2.05, 4.69) is 35.0 Å². The minimum atomic E-state index is -0.107. The molecule has 1 amide bonds. The predicted octanol–water partition coefficient (Wildman–Crippen LogP) is 4.31. The number of nitrogens with one attached hydrogen (secondary N) is 3. The number of anilines is 2. The van der Waals surface area contributed by atoms with Crippen LogP contribution in [-0.4, -0.2) is 19.5 Å². The van der Waals surface area contributed by atoms with Gasteiger partial charge in [0.15, 0.2) is 0 Å². The van der Waals surface area contributed by atoms with E-state index >= 15 is 0 Å². The van der Waals surface area contributed by atoms with E-state index in [0.717, 1.165) is 5.69 Å². The van der Waals surface area contributed by atoms with E-state index in [4.69, 9.17) is 11.6 Å². The Morgan fingerprint density at radius 2 is 1.83 bits per heavy atom. The Bertz CT molecular complexity index is 676. The number of carbonyl (C=O) groups is 1. The lowest BCUT2D eigenvalue weighted by molar-refractivity contribution is -0.119. The second kappa shape index (κ2) is 8.71. The number of benzene rings is 2. The fourth-order valence-electron chi connectivity index (χ4n) is 2.43. The van der Waals surface area contributed by atoms with Gasteiger partial charge in [-0.05, 0) is 37.7 Å². The molecule has 4 nitrogen and oxygen atoms in total. The molecule has 128 valence electrons. The largest absolute Gasteiger partial charge is 0.377 e. The molecule has 0 aliphatic heterocycles. The molecule has 0 fully saturated rings. The Kier molecular flexibility index (Phi) is 6.64. The van der Waals surface area contributed by atoms with Crippen LogP contribution >= 0.6 is 11.6 Å². The third kappa shape index (κ3) is 4.98. The van der Waals surface area contributed by atoms with Gasteiger partial charge in [-0.3, -0.25) is 4.79 Å². The van der Waals surface area contributed by atoms with Crippen molar-refractivity contribution in [1.29, 1.82) is 0 Å². The van der Waals surface area contributed by atoms with Gasteiger partial charge >= 0.3 is 0 Å². The zero-order chi connectivity index (χ0) is 17.5. The van der Waals surface area contributed by atoms with Gasteiger partial charge < -0.3 is 16.0 Å². The highest BCUT2D eigenvalue weighted by Gasteiger charge is 2.13. The Morgan fingerprint density at radius 1 is 1.12 bits per heavy atom. The molecule has 3 N–H and O–H groups in total. The molecule has 0 saturated heterocycles. The predicted molar refractivity (Wildman–Crippen MR) is 102 cm³/mol. The molecule has 2 aromatic rings. The first-order chi connectivity index (χ1) is 11.5. The van der Waals surface area contributed by atoms with Crippen molar-refractivity contribution >= 4 is 28.9 Å². The fraction of sp³-hybridized carbons (Fsp3) is 0.316. The Balaban J connectivity index is 2.03. The minimum absolute atomic E-state index is 0.0289. The molecule has 0 aliphatic rings. The van der Waals surface area contributed by atoms with Crippen molar-refractivity contribution in [1.82, 2.24) is 5.32 Å².